The van der Waals surface area contributed by atoms with E-state index >= 15 is 0 Å². The second kappa shape index (κ2) is 10.2. The number of carbonyl (C=O) groups excluding carboxylic acids is 1. The Bertz CT molecular complexity index is 1240. The molecule has 7 heteroatoms. The number of aromatic nitrogens is 2. The second-order valence-electron chi connectivity index (χ2n) is 7.43. The molecule has 168 valence electrons. The molecular formula is C26H24ClN3O3. The molecular weight excluding hydrogens is 438 g/mol. The van der Waals surface area contributed by atoms with Gasteiger partial charge in [-0.15, -0.1) is 0 Å². The highest BCUT2D eigenvalue weighted by Gasteiger charge is 2.16. The summed E-state index contributed by atoms with van der Waals surface area (Å²) in [4.78, 5) is 12.8. The van der Waals surface area contributed by atoms with E-state index in [1.807, 2.05) is 79.0 Å². The van der Waals surface area contributed by atoms with Crippen LogP contribution in [0.5, 0.6) is 11.5 Å². The van der Waals surface area contributed by atoms with Crippen LogP contribution in [-0.4, -0.2) is 29.9 Å². The van der Waals surface area contributed by atoms with Crippen LogP contribution in [0.25, 0.3) is 16.9 Å². The van der Waals surface area contributed by atoms with Crippen LogP contribution in [-0.2, 0) is 17.8 Å². The van der Waals surface area contributed by atoms with Crippen molar-refractivity contribution in [2.45, 2.75) is 13.0 Å². The number of hydrogen-bond donors (Lipinski definition) is 1. The first-order chi connectivity index (χ1) is 16.1. The number of hydrogen-bond acceptors (Lipinski definition) is 4. The van der Waals surface area contributed by atoms with E-state index in [1.165, 1.54) is 0 Å². The molecule has 1 heterocycles. The molecule has 0 saturated carbocycles. The quantitative estimate of drug-likeness (QED) is 0.398. The minimum atomic E-state index is -0.104. The van der Waals surface area contributed by atoms with Crippen LogP contribution in [0, 0.1) is 0 Å². The van der Waals surface area contributed by atoms with Crippen molar-refractivity contribution in [1.29, 1.82) is 0 Å². The zero-order chi connectivity index (χ0) is 23.2. The number of methoxy groups -OCH3 is 2. The molecule has 1 amide bonds. The van der Waals surface area contributed by atoms with Gasteiger partial charge in [-0.05, 0) is 42.0 Å². The topological polar surface area (TPSA) is 65.4 Å². The van der Waals surface area contributed by atoms with E-state index in [0.29, 0.717) is 23.1 Å². The first kappa shape index (κ1) is 22.4. The Morgan fingerprint density at radius 3 is 2.39 bits per heavy atom. The lowest BCUT2D eigenvalue weighted by Gasteiger charge is -2.10. The molecule has 0 atom stereocenters. The number of nitrogens with zero attached hydrogens (tertiary/aromatic N) is 2. The van der Waals surface area contributed by atoms with Gasteiger partial charge in [0.2, 0.25) is 5.91 Å². The lowest BCUT2D eigenvalue weighted by molar-refractivity contribution is -0.120. The summed E-state index contributed by atoms with van der Waals surface area (Å²) < 4.78 is 12.4. The van der Waals surface area contributed by atoms with Crippen LogP contribution in [0.1, 0.15) is 11.1 Å². The smallest absolute Gasteiger partial charge is 0.224 e. The van der Waals surface area contributed by atoms with Crippen molar-refractivity contribution < 1.29 is 14.3 Å². The summed E-state index contributed by atoms with van der Waals surface area (Å²) in [6.07, 6.45) is 2.09. The van der Waals surface area contributed by atoms with Crippen LogP contribution in [0.2, 0.25) is 5.02 Å². The fourth-order valence-electron chi connectivity index (χ4n) is 3.53. The van der Waals surface area contributed by atoms with Gasteiger partial charge in [0.05, 0.1) is 32.0 Å². The fraction of sp³-hybridized carbons (Fsp3) is 0.154. The summed E-state index contributed by atoms with van der Waals surface area (Å²) >= 11 is 6.06. The van der Waals surface area contributed by atoms with Gasteiger partial charge in [-0.2, -0.15) is 5.10 Å². The van der Waals surface area contributed by atoms with Gasteiger partial charge in [-0.25, -0.2) is 4.68 Å². The van der Waals surface area contributed by atoms with Crippen molar-refractivity contribution in [2.24, 2.45) is 0 Å². The van der Waals surface area contributed by atoms with Gasteiger partial charge in [-0.3, -0.25) is 4.79 Å². The monoisotopic (exact) mass is 461 g/mol. The average molecular weight is 462 g/mol. The van der Waals surface area contributed by atoms with Gasteiger partial charge in [0.1, 0.15) is 0 Å². The summed E-state index contributed by atoms with van der Waals surface area (Å²) in [6.45, 7) is 0.377. The number of amides is 1. The SMILES string of the molecule is COc1ccc(CNC(=O)Cc2cn(-c3ccccc3)nc2-c2ccc(Cl)cc2)cc1OC. The third-order valence-corrected chi connectivity index (χ3v) is 5.47. The number of carbonyl (C=O) groups is 1. The average Bonchev–Trinajstić information content (AvgIpc) is 3.27. The van der Waals surface area contributed by atoms with E-state index in [2.05, 4.69) is 5.32 Å². The molecule has 0 aliphatic carbocycles. The normalized spacial score (nSPS) is 10.6. The predicted molar refractivity (Wildman–Crippen MR) is 129 cm³/mol. The fourth-order valence-corrected chi connectivity index (χ4v) is 3.66. The minimum absolute atomic E-state index is 0.104. The van der Waals surface area contributed by atoms with Crippen LogP contribution >= 0.6 is 11.6 Å². The van der Waals surface area contributed by atoms with Crippen LogP contribution in [0.15, 0.2) is 79.0 Å². The molecule has 3 aromatic carbocycles. The van der Waals surface area contributed by atoms with Gasteiger partial charge < -0.3 is 14.8 Å². The van der Waals surface area contributed by atoms with E-state index in [0.717, 1.165) is 28.1 Å². The summed E-state index contributed by atoms with van der Waals surface area (Å²) in [5.74, 6) is 1.17. The number of rotatable bonds is 8. The van der Waals surface area contributed by atoms with Gasteiger partial charge in [0.25, 0.3) is 0 Å². The number of halogens is 1. The van der Waals surface area contributed by atoms with E-state index in [9.17, 15) is 4.79 Å². The van der Waals surface area contributed by atoms with Crippen molar-refractivity contribution in [2.75, 3.05) is 14.2 Å². The number of para-hydroxylation sites is 1. The second-order valence-corrected chi connectivity index (χ2v) is 7.87. The van der Waals surface area contributed by atoms with E-state index < -0.39 is 0 Å². The molecule has 4 rings (SSSR count). The summed E-state index contributed by atoms with van der Waals surface area (Å²) in [5.41, 5.74) is 4.31. The van der Waals surface area contributed by atoms with Gasteiger partial charge in [0, 0.05) is 28.9 Å². The highest BCUT2D eigenvalue weighted by atomic mass is 35.5. The van der Waals surface area contributed by atoms with Crippen LogP contribution in [0.3, 0.4) is 0 Å². The van der Waals surface area contributed by atoms with E-state index in [1.54, 1.807) is 18.9 Å². The number of nitrogens with one attached hydrogen (secondary N) is 1. The molecule has 33 heavy (non-hydrogen) atoms. The molecule has 0 fully saturated rings. The lowest BCUT2D eigenvalue weighted by Crippen LogP contribution is -2.24. The van der Waals surface area contributed by atoms with Gasteiger partial charge >= 0.3 is 0 Å². The maximum atomic E-state index is 12.8. The molecule has 1 N–H and O–H groups in total. The number of benzene rings is 3. The molecule has 4 aromatic rings. The van der Waals surface area contributed by atoms with Crippen LogP contribution < -0.4 is 14.8 Å². The number of ether oxygens (including phenoxy) is 2. The van der Waals surface area contributed by atoms with Crippen LogP contribution in [0.4, 0.5) is 0 Å². The van der Waals surface area contributed by atoms with Crippen molar-refractivity contribution in [1.82, 2.24) is 15.1 Å². The third-order valence-electron chi connectivity index (χ3n) is 5.22. The zero-order valence-corrected chi connectivity index (χ0v) is 19.2. The summed E-state index contributed by atoms with van der Waals surface area (Å²) in [7, 11) is 3.18. The van der Waals surface area contributed by atoms with Crippen molar-refractivity contribution in [3.63, 3.8) is 0 Å². The van der Waals surface area contributed by atoms with Crippen molar-refractivity contribution in [3.8, 4) is 28.4 Å². The zero-order valence-electron chi connectivity index (χ0n) is 18.4. The Labute approximate surface area is 197 Å². The Balaban J connectivity index is 1.54. The van der Waals surface area contributed by atoms with Crippen molar-refractivity contribution >= 4 is 17.5 Å². The maximum absolute atomic E-state index is 12.8. The molecule has 0 radical (unpaired) electrons. The first-order valence-corrected chi connectivity index (χ1v) is 10.8. The van der Waals surface area contributed by atoms with E-state index in [-0.39, 0.29) is 12.3 Å². The van der Waals surface area contributed by atoms with Gasteiger partial charge in [0.15, 0.2) is 11.5 Å². The molecule has 0 aliphatic rings. The molecule has 0 aliphatic heterocycles. The van der Waals surface area contributed by atoms with E-state index in [4.69, 9.17) is 26.2 Å². The minimum Gasteiger partial charge on any atom is -0.493 e. The summed E-state index contributed by atoms with van der Waals surface area (Å²) in [6, 6.07) is 22.8. The molecule has 1 aromatic heterocycles. The Morgan fingerprint density at radius 1 is 0.970 bits per heavy atom. The first-order valence-electron chi connectivity index (χ1n) is 10.4. The molecule has 0 bridgehead atoms. The Morgan fingerprint density at radius 2 is 1.70 bits per heavy atom. The maximum Gasteiger partial charge on any atom is 0.224 e. The summed E-state index contributed by atoms with van der Waals surface area (Å²) in [5, 5.41) is 8.38. The molecule has 0 saturated heterocycles. The standard InChI is InChI=1S/C26H24ClN3O3/c1-32-23-13-8-18(14-24(23)33-2)16-28-25(31)15-20-17-30(22-6-4-3-5-7-22)29-26(20)19-9-11-21(27)12-10-19/h3-14,17H,15-16H2,1-2H3,(H,28,31). The Hall–Kier alpha value is -3.77. The lowest BCUT2D eigenvalue weighted by atomic mass is 10.1. The molecule has 6 nitrogen and oxygen atoms in total. The van der Waals surface area contributed by atoms with Crippen molar-refractivity contribution in [3.05, 3.63) is 95.1 Å². The largest absolute Gasteiger partial charge is 0.493 e. The highest BCUT2D eigenvalue weighted by molar-refractivity contribution is 6.30. The molecule has 0 spiro atoms. The highest BCUT2D eigenvalue weighted by Crippen LogP contribution is 2.28. The molecule has 0 unspecified atom stereocenters. The predicted octanol–water partition coefficient (Wildman–Crippen LogP) is 5.07. The third kappa shape index (κ3) is 5.35. The van der Waals surface area contributed by atoms with Gasteiger partial charge in [-0.1, -0.05) is 48.0 Å². The Kier molecular flexibility index (Phi) is 6.95.